The molecule has 0 radical (unpaired) electrons. The molecule has 1 aromatic heterocycles. The Morgan fingerprint density at radius 1 is 1.08 bits per heavy atom. The van der Waals surface area contributed by atoms with E-state index in [1.165, 1.54) is 16.7 Å². The maximum absolute atomic E-state index is 12.7. The maximum Gasteiger partial charge on any atom is 0.317 e. The van der Waals surface area contributed by atoms with Gasteiger partial charge in [0.15, 0.2) is 0 Å². The number of ether oxygens (including phenoxy) is 1. The second kappa shape index (κ2) is 12.2. The lowest BCUT2D eigenvalue weighted by atomic mass is 10.0. The number of pyridine rings is 1. The first-order chi connectivity index (χ1) is 17.6. The Morgan fingerprint density at radius 3 is 2.53 bits per heavy atom. The Bertz CT molecular complexity index is 1180. The number of allylic oxidation sites excluding steroid dienone is 1. The van der Waals surface area contributed by atoms with E-state index in [1.807, 2.05) is 48.2 Å². The molecule has 2 aliphatic rings. The van der Waals surface area contributed by atoms with Gasteiger partial charge in [-0.1, -0.05) is 65.8 Å². The fourth-order valence-electron chi connectivity index (χ4n) is 4.36. The summed E-state index contributed by atoms with van der Waals surface area (Å²) in [7, 11) is 0. The quantitative estimate of drug-likeness (QED) is 0.395. The van der Waals surface area contributed by atoms with E-state index in [2.05, 4.69) is 60.2 Å². The van der Waals surface area contributed by atoms with Crippen molar-refractivity contribution in [1.29, 1.82) is 0 Å². The number of likely N-dealkylation sites (tertiary alicyclic amines) is 1. The molecule has 36 heavy (non-hydrogen) atoms. The highest BCUT2D eigenvalue weighted by atomic mass is 16.5. The zero-order valence-corrected chi connectivity index (χ0v) is 21.2. The summed E-state index contributed by atoms with van der Waals surface area (Å²) in [6.07, 6.45) is 8.51. The fourth-order valence-corrected chi connectivity index (χ4v) is 4.36. The van der Waals surface area contributed by atoms with Gasteiger partial charge in [-0.3, -0.25) is 0 Å². The van der Waals surface area contributed by atoms with Crippen LogP contribution in [0.2, 0.25) is 0 Å². The molecule has 2 heterocycles. The number of aryl methyl sites for hydroxylation is 1. The van der Waals surface area contributed by atoms with E-state index >= 15 is 0 Å². The molecule has 2 unspecified atom stereocenters. The number of urea groups is 1. The summed E-state index contributed by atoms with van der Waals surface area (Å²) in [4.78, 5) is 18.9. The van der Waals surface area contributed by atoms with E-state index in [4.69, 9.17) is 4.74 Å². The summed E-state index contributed by atoms with van der Waals surface area (Å²) >= 11 is 0. The van der Waals surface area contributed by atoms with Crippen LogP contribution in [-0.4, -0.2) is 35.0 Å². The normalized spacial score (nSPS) is 18.4. The van der Waals surface area contributed by atoms with Crippen LogP contribution in [0.25, 0.3) is 6.08 Å². The van der Waals surface area contributed by atoms with Crippen LogP contribution in [0.3, 0.4) is 0 Å². The van der Waals surface area contributed by atoms with E-state index in [0.717, 1.165) is 43.7 Å². The predicted molar refractivity (Wildman–Crippen MR) is 146 cm³/mol. The number of hydrogen-bond donors (Lipinski definition) is 1. The molecule has 186 valence electrons. The van der Waals surface area contributed by atoms with Crippen molar-refractivity contribution in [3.63, 3.8) is 0 Å². The molecule has 0 bridgehead atoms. The lowest BCUT2D eigenvalue weighted by Crippen LogP contribution is -2.44. The van der Waals surface area contributed by atoms with Gasteiger partial charge in [0.05, 0.1) is 0 Å². The average Bonchev–Trinajstić information content (AvgIpc) is 3.65. The van der Waals surface area contributed by atoms with Gasteiger partial charge in [-0.2, -0.15) is 0 Å². The van der Waals surface area contributed by atoms with Gasteiger partial charge in [-0.15, -0.1) is 6.58 Å². The molecule has 2 amide bonds. The first-order valence-corrected chi connectivity index (χ1v) is 12.6. The van der Waals surface area contributed by atoms with Gasteiger partial charge in [0.1, 0.15) is 5.75 Å². The highest BCUT2D eigenvalue weighted by Crippen LogP contribution is 2.41. The minimum absolute atomic E-state index is 0.0689. The van der Waals surface area contributed by atoms with E-state index in [0.29, 0.717) is 11.8 Å². The first kappa shape index (κ1) is 25.2. The standard InChI is InChI=1S/C28H29N3O2.C3H6/c1-20-8-10-23(11-9-20)25-19-26(25)30-28(32)31-15-12-21(13-16-31)17-22-5-4-6-24(18-22)33-27-7-2-3-14-29-27;1-3-2/h2-11,14,17-18,25-26H,12-13,15-16,19H2,1H3,(H,30,32);3H,1H2,2H3. The first-order valence-electron chi connectivity index (χ1n) is 12.6. The number of nitrogens with zero attached hydrogens (tertiary/aromatic N) is 2. The van der Waals surface area contributed by atoms with Crippen molar-refractivity contribution in [1.82, 2.24) is 15.2 Å². The summed E-state index contributed by atoms with van der Waals surface area (Å²) in [5.41, 5.74) is 5.06. The van der Waals surface area contributed by atoms with Crippen molar-refractivity contribution in [2.75, 3.05) is 13.1 Å². The van der Waals surface area contributed by atoms with Gasteiger partial charge in [-0.25, -0.2) is 9.78 Å². The smallest absolute Gasteiger partial charge is 0.317 e. The van der Waals surface area contributed by atoms with Crippen LogP contribution in [0.4, 0.5) is 4.79 Å². The Balaban J connectivity index is 0.000000967. The molecule has 2 aromatic carbocycles. The molecule has 5 nitrogen and oxygen atoms in total. The lowest BCUT2D eigenvalue weighted by molar-refractivity contribution is 0.193. The predicted octanol–water partition coefficient (Wildman–Crippen LogP) is 7.12. The van der Waals surface area contributed by atoms with Gasteiger partial charge >= 0.3 is 6.03 Å². The van der Waals surface area contributed by atoms with Crippen LogP contribution >= 0.6 is 0 Å². The third kappa shape index (κ3) is 7.08. The molecule has 1 aliphatic heterocycles. The van der Waals surface area contributed by atoms with Crippen LogP contribution < -0.4 is 10.1 Å². The molecule has 1 aliphatic carbocycles. The van der Waals surface area contributed by atoms with Gasteiger partial charge in [0, 0.05) is 37.3 Å². The van der Waals surface area contributed by atoms with Gasteiger partial charge < -0.3 is 15.0 Å². The number of nitrogens with one attached hydrogen (secondary N) is 1. The van der Waals surface area contributed by atoms with Crippen molar-refractivity contribution < 1.29 is 9.53 Å². The molecule has 1 saturated heterocycles. The Morgan fingerprint density at radius 2 is 1.83 bits per heavy atom. The number of piperidine rings is 1. The van der Waals surface area contributed by atoms with Crippen molar-refractivity contribution in [3.05, 3.63) is 108 Å². The summed E-state index contributed by atoms with van der Waals surface area (Å²) in [5.74, 6) is 1.81. The van der Waals surface area contributed by atoms with Gasteiger partial charge in [0.2, 0.25) is 5.88 Å². The third-order valence-electron chi connectivity index (χ3n) is 6.39. The van der Waals surface area contributed by atoms with Crippen LogP contribution in [0.15, 0.2) is 91.2 Å². The highest BCUT2D eigenvalue weighted by Gasteiger charge is 2.40. The minimum atomic E-state index is 0.0689. The van der Waals surface area contributed by atoms with E-state index < -0.39 is 0 Å². The molecule has 2 atom stereocenters. The molecule has 0 spiro atoms. The number of hydrogen-bond acceptors (Lipinski definition) is 3. The zero-order valence-electron chi connectivity index (χ0n) is 21.2. The fraction of sp³-hybridized carbons (Fsp3) is 0.290. The van der Waals surface area contributed by atoms with Crippen molar-refractivity contribution in [2.24, 2.45) is 0 Å². The van der Waals surface area contributed by atoms with Crippen LogP contribution in [0.5, 0.6) is 11.6 Å². The van der Waals surface area contributed by atoms with Crippen LogP contribution in [0.1, 0.15) is 48.8 Å². The van der Waals surface area contributed by atoms with Gasteiger partial charge in [0.25, 0.3) is 0 Å². The number of carbonyl (C=O) groups excluding carboxylic acids is 1. The number of benzene rings is 2. The third-order valence-corrected chi connectivity index (χ3v) is 6.39. The van der Waals surface area contributed by atoms with Gasteiger partial charge in [-0.05, 0) is 62.4 Å². The summed E-state index contributed by atoms with van der Waals surface area (Å²) in [5, 5.41) is 3.23. The monoisotopic (exact) mass is 481 g/mol. The zero-order chi connectivity index (χ0) is 25.3. The Kier molecular flexibility index (Phi) is 8.56. The summed E-state index contributed by atoms with van der Waals surface area (Å²) < 4.78 is 5.84. The van der Waals surface area contributed by atoms with Crippen LogP contribution in [0, 0.1) is 6.92 Å². The summed E-state index contributed by atoms with van der Waals surface area (Å²) in [6, 6.07) is 22.6. The molecule has 1 saturated carbocycles. The molecular weight excluding hydrogens is 446 g/mol. The van der Waals surface area contributed by atoms with Crippen molar-refractivity contribution >= 4 is 12.1 Å². The van der Waals surface area contributed by atoms with E-state index in [1.54, 1.807) is 12.3 Å². The molecular formula is C31H35N3O2. The largest absolute Gasteiger partial charge is 0.439 e. The minimum Gasteiger partial charge on any atom is -0.439 e. The molecule has 5 heteroatoms. The number of rotatable bonds is 5. The second-order valence-corrected chi connectivity index (χ2v) is 9.35. The topological polar surface area (TPSA) is 54.5 Å². The number of aromatic nitrogens is 1. The molecule has 5 rings (SSSR count). The van der Waals surface area contributed by atoms with E-state index in [-0.39, 0.29) is 12.1 Å². The summed E-state index contributed by atoms with van der Waals surface area (Å²) in [6.45, 7) is 8.86. The Hall–Kier alpha value is -3.86. The van der Waals surface area contributed by atoms with Crippen molar-refractivity contribution in [2.45, 2.75) is 45.1 Å². The molecule has 1 N–H and O–H groups in total. The highest BCUT2D eigenvalue weighted by molar-refractivity contribution is 5.75. The van der Waals surface area contributed by atoms with Crippen LogP contribution in [-0.2, 0) is 0 Å². The SMILES string of the molecule is C=CC.Cc1ccc(C2CC2NC(=O)N2CCC(=Cc3cccc(Oc4ccccn4)c3)CC2)cc1. The maximum atomic E-state index is 12.7. The Labute approximate surface area is 214 Å². The van der Waals surface area contributed by atoms with E-state index in [9.17, 15) is 4.79 Å². The van der Waals surface area contributed by atoms with Crippen molar-refractivity contribution in [3.8, 4) is 11.6 Å². The average molecular weight is 482 g/mol. The molecule has 3 aromatic rings. The number of carbonyl (C=O) groups is 1. The molecule has 2 fully saturated rings. The second-order valence-electron chi connectivity index (χ2n) is 9.35. The number of amides is 2. The lowest BCUT2D eigenvalue weighted by Gasteiger charge is -2.28.